The molecule has 2 heterocycles. The zero-order chi connectivity index (χ0) is 13.1. The van der Waals surface area contributed by atoms with Gasteiger partial charge in [-0.15, -0.1) is 0 Å². The van der Waals surface area contributed by atoms with Crippen LogP contribution in [0.15, 0.2) is 16.7 Å². The third kappa shape index (κ3) is 2.83. The SMILES string of the molecule is COC(=O)c1ccc(N2CCC(C)CC2)c(Br)n1. The zero-order valence-corrected chi connectivity index (χ0v) is 12.2. The quantitative estimate of drug-likeness (QED) is 0.622. The van der Waals surface area contributed by atoms with Gasteiger partial charge in [-0.2, -0.15) is 0 Å². The molecule has 5 heteroatoms. The molecule has 1 aliphatic heterocycles. The maximum atomic E-state index is 11.4. The minimum Gasteiger partial charge on any atom is -0.464 e. The van der Waals surface area contributed by atoms with E-state index >= 15 is 0 Å². The van der Waals surface area contributed by atoms with Crippen molar-refractivity contribution in [1.82, 2.24) is 4.98 Å². The molecule has 4 nitrogen and oxygen atoms in total. The van der Waals surface area contributed by atoms with E-state index in [0.29, 0.717) is 10.3 Å². The average molecular weight is 313 g/mol. The van der Waals surface area contributed by atoms with Crippen LogP contribution in [-0.4, -0.2) is 31.2 Å². The molecule has 18 heavy (non-hydrogen) atoms. The van der Waals surface area contributed by atoms with Gasteiger partial charge in [-0.1, -0.05) is 6.92 Å². The Balaban J connectivity index is 2.17. The van der Waals surface area contributed by atoms with Gasteiger partial charge in [0.1, 0.15) is 10.3 Å². The molecule has 0 spiro atoms. The lowest BCUT2D eigenvalue weighted by Crippen LogP contribution is -2.33. The van der Waals surface area contributed by atoms with Crippen LogP contribution in [0.25, 0.3) is 0 Å². The highest BCUT2D eigenvalue weighted by atomic mass is 79.9. The minimum absolute atomic E-state index is 0.332. The van der Waals surface area contributed by atoms with E-state index in [4.69, 9.17) is 0 Å². The smallest absolute Gasteiger partial charge is 0.356 e. The van der Waals surface area contributed by atoms with Gasteiger partial charge in [-0.05, 0) is 46.8 Å². The molecule has 1 aliphatic rings. The van der Waals surface area contributed by atoms with Crippen molar-refractivity contribution in [2.75, 3.05) is 25.1 Å². The second-order valence-electron chi connectivity index (χ2n) is 4.67. The second-order valence-corrected chi connectivity index (χ2v) is 5.42. The Hall–Kier alpha value is -1.10. The Morgan fingerprint density at radius 1 is 1.44 bits per heavy atom. The van der Waals surface area contributed by atoms with Gasteiger partial charge in [0.15, 0.2) is 0 Å². The van der Waals surface area contributed by atoms with Crippen LogP contribution in [0.1, 0.15) is 30.3 Å². The number of methoxy groups -OCH3 is 1. The molecule has 1 saturated heterocycles. The molecule has 0 bridgehead atoms. The minimum atomic E-state index is -0.408. The first-order chi connectivity index (χ1) is 8.61. The highest BCUT2D eigenvalue weighted by Gasteiger charge is 2.19. The summed E-state index contributed by atoms with van der Waals surface area (Å²) >= 11 is 3.43. The second kappa shape index (κ2) is 5.69. The predicted molar refractivity (Wildman–Crippen MR) is 73.9 cm³/mol. The Morgan fingerprint density at radius 2 is 2.11 bits per heavy atom. The van der Waals surface area contributed by atoms with Crippen LogP contribution in [0, 0.1) is 5.92 Å². The summed E-state index contributed by atoms with van der Waals surface area (Å²) in [4.78, 5) is 17.9. The summed E-state index contributed by atoms with van der Waals surface area (Å²) < 4.78 is 5.36. The number of hydrogen-bond donors (Lipinski definition) is 0. The van der Waals surface area contributed by atoms with Crippen LogP contribution in [0.3, 0.4) is 0 Å². The fourth-order valence-corrected chi connectivity index (χ4v) is 2.70. The van der Waals surface area contributed by atoms with E-state index in [0.717, 1.165) is 24.7 Å². The molecule has 2 rings (SSSR count). The lowest BCUT2D eigenvalue weighted by Gasteiger charge is -2.32. The number of piperidine rings is 1. The van der Waals surface area contributed by atoms with Gasteiger partial charge >= 0.3 is 5.97 Å². The predicted octanol–water partition coefficient (Wildman–Crippen LogP) is 2.87. The lowest BCUT2D eigenvalue weighted by atomic mass is 9.99. The summed E-state index contributed by atoms with van der Waals surface area (Å²) in [7, 11) is 1.36. The molecule has 1 fully saturated rings. The fraction of sp³-hybridized carbons (Fsp3) is 0.538. The van der Waals surface area contributed by atoms with Crippen molar-refractivity contribution in [2.45, 2.75) is 19.8 Å². The molecule has 0 radical (unpaired) electrons. The van der Waals surface area contributed by atoms with Crippen LogP contribution in [0.4, 0.5) is 5.69 Å². The highest BCUT2D eigenvalue weighted by molar-refractivity contribution is 9.10. The number of rotatable bonds is 2. The standard InChI is InChI=1S/C13H17BrN2O2/c1-9-5-7-16(8-6-9)11-4-3-10(13(17)18-2)15-12(11)14/h3-4,9H,5-8H2,1-2H3. The Labute approximate surface area is 115 Å². The van der Waals surface area contributed by atoms with Crippen LogP contribution >= 0.6 is 15.9 Å². The maximum absolute atomic E-state index is 11.4. The first-order valence-corrected chi connectivity index (χ1v) is 6.91. The normalized spacial score (nSPS) is 16.7. The monoisotopic (exact) mass is 312 g/mol. The molecule has 0 unspecified atom stereocenters. The van der Waals surface area contributed by atoms with E-state index in [1.54, 1.807) is 6.07 Å². The highest BCUT2D eigenvalue weighted by Crippen LogP contribution is 2.28. The molecular formula is C13H17BrN2O2. The maximum Gasteiger partial charge on any atom is 0.356 e. The van der Waals surface area contributed by atoms with Gasteiger partial charge in [-0.3, -0.25) is 0 Å². The molecular weight excluding hydrogens is 296 g/mol. The number of nitrogens with zero attached hydrogens (tertiary/aromatic N) is 2. The molecule has 1 aromatic heterocycles. The van der Waals surface area contributed by atoms with Crippen molar-refractivity contribution in [1.29, 1.82) is 0 Å². The molecule has 0 aromatic carbocycles. The fourth-order valence-electron chi connectivity index (χ4n) is 2.13. The molecule has 98 valence electrons. The molecule has 0 amide bonds. The molecule has 0 aliphatic carbocycles. The van der Waals surface area contributed by atoms with Gasteiger partial charge in [0.05, 0.1) is 12.8 Å². The van der Waals surface area contributed by atoms with Gasteiger partial charge in [0.25, 0.3) is 0 Å². The Morgan fingerprint density at radius 3 is 2.67 bits per heavy atom. The average Bonchev–Trinajstić information content (AvgIpc) is 2.39. The van der Waals surface area contributed by atoms with Gasteiger partial charge in [0.2, 0.25) is 0 Å². The molecule has 0 atom stereocenters. The summed E-state index contributed by atoms with van der Waals surface area (Å²) in [5.41, 5.74) is 1.38. The summed E-state index contributed by atoms with van der Waals surface area (Å²) in [6, 6.07) is 3.64. The first-order valence-electron chi connectivity index (χ1n) is 6.11. The number of ether oxygens (including phenoxy) is 1. The topological polar surface area (TPSA) is 42.4 Å². The summed E-state index contributed by atoms with van der Waals surface area (Å²) in [6.07, 6.45) is 2.40. The number of esters is 1. The number of pyridine rings is 1. The van der Waals surface area contributed by atoms with Crippen molar-refractivity contribution in [3.63, 3.8) is 0 Å². The van der Waals surface area contributed by atoms with Gasteiger partial charge in [-0.25, -0.2) is 9.78 Å². The van der Waals surface area contributed by atoms with E-state index in [2.05, 4.69) is 37.5 Å². The Kier molecular flexibility index (Phi) is 4.22. The number of halogens is 1. The van der Waals surface area contributed by atoms with E-state index in [1.807, 2.05) is 6.07 Å². The third-order valence-electron chi connectivity index (χ3n) is 3.35. The zero-order valence-electron chi connectivity index (χ0n) is 10.6. The van der Waals surface area contributed by atoms with Crippen LogP contribution in [0.5, 0.6) is 0 Å². The molecule has 0 N–H and O–H groups in total. The van der Waals surface area contributed by atoms with E-state index in [9.17, 15) is 4.79 Å². The van der Waals surface area contributed by atoms with Crippen molar-refractivity contribution >= 4 is 27.6 Å². The van der Waals surface area contributed by atoms with E-state index in [-0.39, 0.29) is 0 Å². The van der Waals surface area contributed by atoms with Gasteiger partial charge in [0, 0.05) is 13.1 Å². The molecule has 1 aromatic rings. The lowest BCUT2D eigenvalue weighted by molar-refractivity contribution is 0.0594. The van der Waals surface area contributed by atoms with Crippen molar-refractivity contribution in [2.24, 2.45) is 5.92 Å². The van der Waals surface area contributed by atoms with E-state index < -0.39 is 5.97 Å². The largest absolute Gasteiger partial charge is 0.464 e. The summed E-state index contributed by atoms with van der Waals surface area (Å²) in [6.45, 7) is 4.36. The number of carbonyl (C=O) groups excluding carboxylic acids is 1. The van der Waals surface area contributed by atoms with Crippen LogP contribution in [-0.2, 0) is 4.74 Å². The number of carbonyl (C=O) groups is 1. The summed E-state index contributed by atoms with van der Waals surface area (Å²) in [5.74, 6) is 0.386. The number of anilines is 1. The Bertz CT molecular complexity index is 443. The van der Waals surface area contributed by atoms with E-state index in [1.165, 1.54) is 20.0 Å². The van der Waals surface area contributed by atoms with Crippen molar-refractivity contribution in [3.8, 4) is 0 Å². The van der Waals surface area contributed by atoms with Crippen LogP contribution < -0.4 is 4.90 Å². The molecule has 0 saturated carbocycles. The van der Waals surface area contributed by atoms with Gasteiger partial charge < -0.3 is 9.64 Å². The number of hydrogen-bond acceptors (Lipinski definition) is 4. The number of aromatic nitrogens is 1. The first kappa shape index (κ1) is 13.3. The third-order valence-corrected chi connectivity index (χ3v) is 3.93. The van der Waals surface area contributed by atoms with Crippen LogP contribution in [0.2, 0.25) is 0 Å². The summed E-state index contributed by atoms with van der Waals surface area (Å²) in [5, 5.41) is 0. The van der Waals surface area contributed by atoms with Crippen molar-refractivity contribution in [3.05, 3.63) is 22.4 Å². The van der Waals surface area contributed by atoms with Crippen molar-refractivity contribution < 1.29 is 9.53 Å².